The van der Waals surface area contributed by atoms with Crippen LogP contribution in [0, 0.1) is 0 Å². The molecule has 8 heteroatoms. The van der Waals surface area contributed by atoms with Crippen LogP contribution in [0.5, 0.6) is 0 Å². The first-order valence-corrected chi connectivity index (χ1v) is 8.65. The van der Waals surface area contributed by atoms with Crippen LogP contribution in [0.4, 0.5) is 4.79 Å². The molecule has 1 aliphatic rings. The first kappa shape index (κ1) is 21.2. The molecular weight excluding hydrogens is 328 g/mol. The lowest BCUT2D eigenvalue weighted by Gasteiger charge is -2.50. The first-order chi connectivity index (χ1) is 11.6. The van der Waals surface area contributed by atoms with E-state index in [1.165, 1.54) is 4.90 Å². The normalized spacial score (nSPS) is 16.0. The molecule has 1 N–H and O–H groups in total. The quantitative estimate of drug-likeness (QED) is 0.519. The lowest BCUT2D eigenvalue weighted by atomic mass is 9.86. The van der Waals surface area contributed by atoms with E-state index in [0.29, 0.717) is 32.8 Å². The van der Waals surface area contributed by atoms with Crippen molar-refractivity contribution >= 4 is 18.0 Å². The minimum Gasteiger partial charge on any atom is -0.466 e. The van der Waals surface area contributed by atoms with Crippen molar-refractivity contribution in [3.05, 3.63) is 0 Å². The van der Waals surface area contributed by atoms with E-state index in [4.69, 9.17) is 14.2 Å². The SMILES string of the molecule is CCOC(=O)CCNC1(CC(=O)OCC)CN(C(=O)OC(C)(C)C)C1. The molecule has 1 saturated heterocycles. The predicted molar refractivity (Wildman–Crippen MR) is 91.0 cm³/mol. The topological polar surface area (TPSA) is 94.2 Å². The second kappa shape index (κ2) is 9.03. The molecule has 8 nitrogen and oxygen atoms in total. The Morgan fingerprint density at radius 2 is 1.60 bits per heavy atom. The average Bonchev–Trinajstić information content (AvgIpc) is 2.42. The molecule has 1 rings (SSSR count). The van der Waals surface area contributed by atoms with E-state index in [9.17, 15) is 14.4 Å². The Balaban J connectivity index is 2.59. The van der Waals surface area contributed by atoms with E-state index in [-0.39, 0.29) is 24.8 Å². The van der Waals surface area contributed by atoms with Gasteiger partial charge in [0.05, 0.1) is 31.6 Å². The Morgan fingerprint density at radius 3 is 2.12 bits per heavy atom. The van der Waals surface area contributed by atoms with Gasteiger partial charge in [-0.15, -0.1) is 0 Å². The Bertz CT molecular complexity index is 480. The maximum atomic E-state index is 12.1. The molecule has 0 aromatic rings. The number of amides is 1. The summed E-state index contributed by atoms with van der Waals surface area (Å²) in [5.74, 6) is -0.639. The van der Waals surface area contributed by atoms with Gasteiger partial charge in [-0.1, -0.05) is 0 Å². The van der Waals surface area contributed by atoms with Gasteiger partial charge in [-0.25, -0.2) is 4.79 Å². The van der Waals surface area contributed by atoms with Crippen molar-refractivity contribution in [2.24, 2.45) is 0 Å². The molecule has 1 aliphatic heterocycles. The molecule has 0 unspecified atom stereocenters. The number of likely N-dealkylation sites (tertiary alicyclic amines) is 1. The highest BCUT2D eigenvalue weighted by Gasteiger charge is 2.47. The van der Waals surface area contributed by atoms with Crippen LogP contribution >= 0.6 is 0 Å². The molecule has 0 spiro atoms. The summed E-state index contributed by atoms with van der Waals surface area (Å²) >= 11 is 0. The van der Waals surface area contributed by atoms with Gasteiger partial charge in [0, 0.05) is 19.6 Å². The van der Waals surface area contributed by atoms with Gasteiger partial charge in [0.1, 0.15) is 5.60 Å². The van der Waals surface area contributed by atoms with Crippen molar-refractivity contribution in [3.8, 4) is 0 Å². The summed E-state index contributed by atoms with van der Waals surface area (Å²) in [7, 11) is 0. The van der Waals surface area contributed by atoms with Crippen molar-refractivity contribution < 1.29 is 28.6 Å². The van der Waals surface area contributed by atoms with Crippen LogP contribution in [-0.4, -0.2) is 66.9 Å². The van der Waals surface area contributed by atoms with E-state index in [2.05, 4.69) is 5.32 Å². The number of nitrogens with zero attached hydrogens (tertiary/aromatic N) is 1. The smallest absolute Gasteiger partial charge is 0.410 e. The second-order valence-electron chi connectivity index (χ2n) is 7.08. The number of rotatable bonds is 8. The zero-order valence-corrected chi connectivity index (χ0v) is 15.8. The summed E-state index contributed by atoms with van der Waals surface area (Å²) in [5.41, 5.74) is -1.18. The summed E-state index contributed by atoms with van der Waals surface area (Å²) in [6.07, 6.45) is -0.0902. The lowest BCUT2D eigenvalue weighted by molar-refractivity contribution is -0.147. The Kier molecular flexibility index (Phi) is 7.66. The maximum Gasteiger partial charge on any atom is 0.410 e. The van der Waals surface area contributed by atoms with Crippen LogP contribution in [0.3, 0.4) is 0 Å². The van der Waals surface area contributed by atoms with Crippen molar-refractivity contribution in [2.75, 3.05) is 32.8 Å². The first-order valence-electron chi connectivity index (χ1n) is 8.65. The van der Waals surface area contributed by atoms with Crippen molar-refractivity contribution in [2.45, 2.75) is 58.6 Å². The summed E-state index contributed by atoms with van der Waals surface area (Å²) in [4.78, 5) is 36.9. The van der Waals surface area contributed by atoms with Gasteiger partial charge >= 0.3 is 18.0 Å². The highest BCUT2D eigenvalue weighted by molar-refractivity contribution is 5.74. The molecule has 0 aliphatic carbocycles. The van der Waals surface area contributed by atoms with Gasteiger partial charge in [-0.3, -0.25) is 9.59 Å². The summed E-state index contributed by atoms with van der Waals surface area (Å²) < 4.78 is 15.2. The number of carbonyl (C=O) groups excluding carboxylic acids is 3. The largest absolute Gasteiger partial charge is 0.466 e. The van der Waals surface area contributed by atoms with Gasteiger partial charge in [0.15, 0.2) is 0 Å². The summed E-state index contributed by atoms with van der Waals surface area (Å²) in [6.45, 7) is 10.5. The standard InChI is InChI=1S/C17H30N2O6/c1-6-23-13(20)8-9-18-17(10-14(21)24-7-2)11-19(12-17)15(22)25-16(3,4)5/h18H,6-12H2,1-5H3. The molecule has 0 saturated carbocycles. The molecule has 0 aromatic heterocycles. The maximum absolute atomic E-state index is 12.1. The van der Waals surface area contributed by atoms with Gasteiger partial charge in [0.2, 0.25) is 0 Å². The molecular formula is C17H30N2O6. The van der Waals surface area contributed by atoms with Crippen LogP contribution in [0.25, 0.3) is 0 Å². The zero-order valence-electron chi connectivity index (χ0n) is 15.8. The van der Waals surface area contributed by atoms with E-state index in [0.717, 1.165) is 0 Å². The Labute approximate surface area is 149 Å². The molecule has 1 heterocycles. The third kappa shape index (κ3) is 7.29. The molecule has 0 atom stereocenters. The number of carbonyl (C=O) groups is 3. The third-order valence-electron chi connectivity index (χ3n) is 3.56. The Hall–Kier alpha value is -1.83. The van der Waals surface area contributed by atoms with Crippen molar-refractivity contribution in [1.82, 2.24) is 10.2 Å². The van der Waals surface area contributed by atoms with E-state index >= 15 is 0 Å². The minimum absolute atomic E-state index is 0.128. The molecule has 25 heavy (non-hydrogen) atoms. The monoisotopic (exact) mass is 358 g/mol. The molecule has 1 fully saturated rings. The highest BCUT2D eigenvalue weighted by atomic mass is 16.6. The molecule has 0 radical (unpaired) electrons. The van der Waals surface area contributed by atoms with Crippen LogP contribution < -0.4 is 5.32 Å². The van der Waals surface area contributed by atoms with Gasteiger partial charge < -0.3 is 24.4 Å². The fraction of sp³-hybridized carbons (Fsp3) is 0.824. The fourth-order valence-electron chi connectivity index (χ4n) is 2.58. The van der Waals surface area contributed by atoms with E-state index in [1.54, 1.807) is 34.6 Å². The number of ether oxygens (including phenoxy) is 3. The van der Waals surface area contributed by atoms with Crippen LogP contribution in [-0.2, 0) is 23.8 Å². The van der Waals surface area contributed by atoms with Crippen LogP contribution in [0.1, 0.15) is 47.5 Å². The van der Waals surface area contributed by atoms with Crippen LogP contribution in [0.2, 0.25) is 0 Å². The van der Waals surface area contributed by atoms with Gasteiger partial charge in [-0.2, -0.15) is 0 Å². The number of nitrogens with one attached hydrogen (secondary N) is 1. The fourth-order valence-corrected chi connectivity index (χ4v) is 2.58. The Morgan fingerprint density at radius 1 is 1.04 bits per heavy atom. The molecule has 1 amide bonds. The zero-order chi connectivity index (χ0) is 19.1. The molecule has 0 aromatic carbocycles. The van der Waals surface area contributed by atoms with E-state index in [1.807, 2.05) is 0 Å². The molecule has 144 valence electrons. The number of hydrogen-bond donors (Lipinski definition) is 1. The summed E-state index contributed by atoms with van der Waals surface area (Å²) in [5, 5.41) is 3.21. The second-order valence-corrected chi connectivity index (χ2v) is 7.08. The van der Waals surface area contributed by atoms with Crippen molar-refractivity contribution in [1.29, 1.82) is 0 Å². The van der Waals surface area contributed by atoms with Crippen LogP contribution in [0.15, 0.2) is 0 Å². The van der Waals surface area contributed by atoms with Gasteiger partial charge in [-0.05, 0) is 34.6 Å². The lowest BCUT2D eigenvalue weighted by Crippen LogP contribution is -2.71. The minimum atomic E-state index is -0.602. The van der Waals surface area contributed by atoms with Gasteiger partial charge in [0.25, 0.3) is 0 Å². The highest BCUT2D eigenvalue weighted by Crippen LogP contribution is 2.27. The third-order valence-corrected chi connectivity index (χ3v) is 3.56. The number of hydrogen-bond acceptors (Lipinski definition) is 7. The predicted octanol–water partition coefficient (Wildman–Crippen LogP) is 1.47. The summed E-state index contributed by atoms with van der Waals surface area (Å²) in [6, 6.07) is 0. The molecule has 0 bridgehead atoms. The number of esters is 2. The average molecular weight is 358 g/mol. The van der Waals surface area contributed by atoms with E-state index < -0.39 is 17.2 Å². The van der Waals surface area contributed by atoms with Crippen molar-refractivity contribution in [3.63, 3.8) is 0 Å².